The van der Waals surface area contributed by atoms with Crippen molar-refractivity contribution < 1.29 is 13.5 Å². The zero-order valence-corrected chi connectivity index (χ0v) is 9.42. The zero-order valence-electron chi connectivity index (χ0n) is 8.60. The molecule has 0 aliphatic rings. The molecule has 0 atom stereocenters. The summed E-state index contributed by atoms with van der Waals surface area (Å²) in [5.74, 6) is -0.229. The van der Waals surface area contributed by atoms with E-state index in [1.54, 1.807) is 24.3 Å². The summed E-state index contributed by atoms with van der Waals surface area (Å²) in [7, 11) is -3.32. The monoisotopic (exact) mass is 229 g/mol. The standard InChI is InChI=1S/C10H15NO3S/c1-2-11-9-3-5-10(6-4-9)15(13,14)8-7-12/h3-6,11-12H,2,7-8H2,1H3. The van der Waals surface area contributed by atoms with Gasteiger partial charge in [-0.25, -0.2) is 8.42 Å². The number of nitrogens with one attached hydrogen (secondary N) is 1. The van der Waals surface area contributed by atoms with Gasteiger partial charge in [0.1, 0.15) is 0 Å². The van der Waals surface area contributed by atoms with Crippen molar-refractivity contribution in [1.29, 1.82) is 0 Å². The molecule has 0 unspecified atom stereocenters. The van der Waals surface area contributed by atoms with E-state index in [1.807, 2.05) is 6.92 Å². The van der Waals surface area contributed by atoms with Crippen LogP contribution in [-0.2, 0) is 9.84 Å². The summed E-state index contributed by atoms with van der Waals surface area (Å²) in [6.45, 7) is 2.41. The Kier molecular flexibility index (Phi) is 4.11. The average molecular weight is 229 g/mol. The molecule has 0 bridgehead atoms. The zero-order chi connectivity index (χ0) is 11.3. The smallest absolute Gasteiger partial charge is 0.180 e. The van der Waals surface area contributed by atoms with Gasteiger partial charge in [-0.05, 0) is 31.2 Å². The summed E-state index contributed by atoms with van der Waals surface area (Å²) in [6, 6.07) is 6.52. The molecule has 0 saturated carbocycles. The Morgan fingerprint density at radius 2 is 1.87 bits per heavy atom. The van der Waals surface area contributed by atoms with E-state index in [9.17, 15) is 8.42 Å². The van der Waals surface area contributed by atoms with Crippen molar-refractivity contribution in [2.24, 2.45) is 0 Å². The second kappa shape index (κ2) is 5.14. The lowest BCUT2D eigenvalue weighted by molar-refractivity contribution is 0.319. The minimum Gasteiger partial charge on any atom is -0.395 e. The highest BCUT2D eigenvalue weighted by Crippen LogP contribution is 2.14. The molecule has 0 fully saturated rings. The Balaban J connectivity index is 2.89. The molecular weight excluding hydrogens is 214 g/mol. The van der Waals surface area contributed by atoms with Gasteiger partial charge in [-0.3, -0.25) is 0 Å². The van der Waals surface area contributed by atoms with Gasteiger partial charge in [0.25, 0.3) is 0 Å². The molecule has 4 nitrogen and oxygen atoms in total. The number of hydrogen-bond acceptors (Lipinski definition) is 4. The molecule has 0 heterocycles. The lowest BCUT2D eigenvalue weighted by Gasteiger charge is -2.05. The molecular formula is C10H15NO3S. The van der Waals surface area contributed by atoms with Gasteiger partial charge in [0, 0.05) is 12.2 Å². The summed E-state index contributed by atoms with van der Waals surface area (Å²) in [5, 5.41) is 11.7. The first kappa shape index (κ1) is 12.0. The Labute approximate surface area is 89.9 Å². The molecule has 0 amide bonds. The van der Waals surface area contributed by atoms with Crippen molar-refractivity contribution >= 4 is 15.5 Å². The summed E-state index contributed by atoms with van der Waals surface area (Å²) in [6.07, 6.45) is 0. The average Bonchev–Trinajstić information content (AvgIpc) is 2.19. The van der Waals surface area contributed by atoms with E-state index in [4.69, 9.17) is 5.11 Å². The van der Waals surface area contributed by atoms with E-state index < -0.39 is 9.84 Å². The third-order valence-corrected chi connectivity index (χ3v) is 3.66. The van der Waals surface area contributed by atoms with Crippen LogP contribution in [0.25, 0.3) is 0 Å². The first-order valence-corrected chi connectivity index (χ1v) is 6.43. The minimum absolute atomic E-state index is 0.229. The molecule has 5 heteroatoms. The lowest BCUT2D eigenvalue weighted by atomic mass is 10.3. The molecule has 0 aliphatic heterocycles. The second-order valence-corrected chi connectivity index (χ2v) is 5.21. The highest BCUT2D eigenvalue weighted by molar-refractivity contribution is 7.91. The van der Waals surface area contributed by atoms with Gasteiger partial charge in [-0.1, -0.05) is 0 Å². The topological polar surface area (TPSA) is 66.4 Å². The van der Waals surface area contributed by atoms with Crippen LogP contribution < -0.4 is 5.32 Å². The van der Waals surface area contributed by atoms with Gasteiger partial charge in [-0.15, -0.1) is 0 Å². The molecule has 1 rings (SSSR count). The van der Waals surface area contributed by atoms with Crippen LogP contribution in [0.3, 0.4) is 0 Å². The maximum Gasteiger partial charge on any atom is 0.180 e. The fourth-order valence-electron chi connectivity index (χ4n) is 1.22. The van der Waals surface area contributed by atoms with Crippen molar-refractivity contribution in [2.75, 3.05) is 24.2 Å². The van der Waals surface area contributed by atoms with E-state index in [2.05, 4.69) is 5.32 Å². The van der Waals surface area contributed by atoms with Gasteiger partial charge >= 0.3 is 0 Å². The summed E-state index contributed by atoms with van der Waals surface area (Å²) < 4.78 is 23.0. The predicted molar refractivity (Wildman–Crippen MR) is 59.7 cm³/mol. The van der Waals surface area contributed by atoms with E-state index in [0.717, 1.165) is 12.2 Å². The Bertz CT molecular complexity index is 397. The maximum atomic E-state index is 11.5. The Morgan fingerprint density at radius 3 is 2.33 bits per heavy atom. The largest absolute Gasteiger partial charge is 0.395 e. The number of benzene rings is 1. The first-order chi connectivity index (χ1) is 7.10. The molecule has 1 aromatic carbocycles. The van der Waals surface area contributed by atoms with Crippen LogP contribution >= 0.6 is 0 Å². The number of anilines is 1. The third kappa shape index (κ3) is 3.21. The van der Waals surface area contributed by atoms with Gasteiger partial charge in [0.05, 0.1) is 17.3 Å². The van der Waals surface area contributed by atoms with Crippen LogP contribution in [-0.4, -0.2) is 32.4 Å². The number of rotatable bonds is 5. The third-order valence-electron chi connectivity index (χ3n) is 1.95. The normalized spacial score (nSPS) is 11.3. The number of aliphatic hydroxyl groups is 1. The van der Waals surface area contributed by atoms with Gasteiger partial charge < -0.3 is 10.4 Å². The van der Waals surface area contributed by atoms with Crippen LogP contribution in [0.1, 0.15) is 6.92 Å². The SMILES string of the molecule is CCNc1ccc(S(=O)(=O)CCO)cc1. The molecule has 1 aromatic rings. The van der Waals surface area contributed by atoms with Crippen LogP contribution in [0.2, 0.25) is 0 Å². The number of hydrogen-bond donors (Lipinski definition) is 2. The fraction of sp³-hybridized carbons (Fsp3) is 0.400. The second-order valence-electron chi connectivity index (χ2n) is 3.10. The molecule has 0 spiro atoms. The first-order valence-electron chi connectivity index (χ1n) is 4.77. The van der Waals surface area contributed by atoms with Crippen LogP contribution in [0.15, 0.2) is 29.2 Å². The van der Waals surface area contributed by atoms with Crippen molar-refractivity contribution in [3.05, 3.63) is 24.3 Å². The molecule has 0 aromatic heterocycles. The summed E-state index contributed by atoms with van der Waals surface area (Å²) in [5.41, 5.74) is 0.889. The van der Waals surface area contributed by atoms with E-state index in [0.29, 0.717) is 0 Å². The van der Waals surface area contributed by atoms with Crippen molar-refractivity contribution in [3.63, 3.8) is 0 Å². The van der Waals surface area contributed by atoms with Crippen LogP contribution in [0.4, 0.5) is 5.69 Å². The predicted octanol–water partition coefficient (Wildman–Crippen LogP) is 0.884. The van der Waals surface area contributed by atoms with Gasteiger partial charge in [-0.2, -0.15) is 0 Å². The molecule has 0 saturated heterocycles. The van der Waals surface area contributed by atoms with Crippen LogP contribution in [0.5, 0.6) is 0 Å². The molecule has 15 heavy (non-hydrogen) atoms. The number of aliphatic hydroxyl groups excluding tert-OH is 1. The van der Waals surface area contributed by atoms with E-state index in [-0.39, 0.29) is 17.3 Å². The summed E-state index contributed by atoms with van der Waals surface area (Å²) in [4.78, 5) is 0.248. The molecule has 2 N–H and O–H groups in total. The highest BCUT2D eigenvalue weighted by Gasteiger charge is 2.12. The van der Waals surface area contributed by atoms with Crippen LogP contribution in [0, 0.1) is 0 Å². The fourth-order valence-corrected chi connectivity index (χ4v) is 2.25. The Morgan fingerprint density at radius 1 is 1.27 bits per heavy atom. The van der Waals surface area contributed by atoms with Crippen molar-refractivity contribution in [1.82, 2.24) is 0 Å². The van der Waals surface area contributed by atoms with Crippen molar-refractivity contribution in [3.8, 4) is 0 Å². The van der Waals surface area contributed by atoms with E-state index in [1.165, 1.54) is 0 Å². The summed E-state index contributed by atoms with van der Waals surface area (Å²) >= 11 is 0. The van der Waals surface area contributed by atoms with E-state index >= 15 is 0 Å². The van der Waals surface area contributed by atoms with Gasteiger partial charge in [0.15, 0.2) is 9.84 Å². The van der Waals surface area contributed by atoms with Crippen molar-refractivity contribution in [2.45, 2.75) is 11.8 Å². The quantitative estimate of drug-likeness (QED) is 0.786. The lowest BCUT2D eigenvalue weighted by Crippen LogP contribution is -2.10. The molecule has 0 radical (unpaired) electrons. The van der Waals surface area contributed by atoms with Gasteiger partial charge in [0.2, 0.25) is 0 Å². The Hall–Kier alpha value is -1.07. The molecule has 84 valence electrons. The maximum absolute atomic E-state index is 11.5. The number of sulfone groups is 1. The molecule has 0 aliphatic carbocycles. The minimum atomic E-state index is -3.32. The highest BCUT2D eigenvalue weighted by atomic mass is 32.2.